The van der Waals surface area contributed by atoms with Gasteiger partial charge in [0.05, 0.1) is 42.1 Å². The highest BCUT2D eigenvalue weighted by atomic mass is 79.9. The van der Waals surface area contributed by atoms with Gasteiger partial charge in [-0.3, -0.25) is 19.2 Å². The third-order valence-corrected chi connectivity index (χ3v) is 11.3. The van der Waals surface area contributed by atoms with E-state index in [0.29, 0.717) is 23.9 Å². The number of carbonyl (C=O) groups is 4. The number of benzene rings is 2. The molecule has 1 spiro atoms. The maximum absolute atomic E-state index is 14.9. The van der Waals surface area contributed by atoms with Crippen LogP contribution >= 0.6 is 15.9 Å². The molecule has 0 radical (unpaired) electrons. The van der Waals surface area contributed by atoms with Crippen LogP contribution in [-0.2, 0) is 35.3 Å². The predicted molar refractivity (Wildman–Crippen MR) is 195 cm³/mol. The van der Waals surface area contributed by atoms with Gasteiger partial charge < -0.3 is 29.7 Å². The number of fused-ring (bicyclic) bond motifs is 2. The van der Waals surface area contributed by atoms with Crippen LogP contribution in [0.25, 0.3) is 11.0 Å². The number of nitrogens with one attached hydrogen (secondary N) is 1. The molecule has 13 nitrogen and oxygen atoms in total. The number of allylic oxidation sites excluding steroid dienone is 1. The zero-order chi connectivity index (χ0) is 37.2. The van der Waals surface area contributed by atoms with Crippen molar-refractivity contribution in [2.24, 2.45) is 11.8 Å². The molecule has 3 aliphatic heterocycles. The third kappa shape index (κ3) is 6.67. The van der Waals surface area contributed by atoms with E-state index in [1.165, 1.54) is 9.80 Å². The molecule has 2 N–H and O–H groups in total. The largest absolute Gasteiger partial charge is 0.455 e. The molecule has 3 fully saturated rings. The Morgan fingerprint density at radius 2 is 1.90 bits per heavy atom. The molecule has 0 aliphatic carbocycles. The van der Waals surface area contributed by atoms with Gasteiger partial charge in [0.15, 0.2) is 0 Å². The Balaban J connectivity index is 1.35. The highest BCUT2D eigenvalue weighted by molar-refractivity contribution is 9.09. The number of nitrogens with zero attached hydrogens (tertiary/aromatic N) is 5. The molecule has 276 valence electrons. The number of ether oxygens (including phenoxy) is 2. The minimum atomic E-state index is -1.39. The highest BCUT2D eigenvalue weighted by Crippen LogP contribution is 2.61. The minimum Gasteiger partial charge on any atom is -0.455 e. The Hall–Kier alpha value is -4.40. The van der Waals surface area contributed by atoms with Gasteiger partial charge in [0.1, 0.15) is 29.9 Å². The van der Waals surface area contributed by atoms with Gasteiger partial charge in [-0.2, -0.15) is 0 Å². The van der Waals surface area contributed by atoms with Crippen molar-refractivity contribution in [2.45, 2.75) is 87.0 Å². The van der Waals surface area contributed by atoms with Crippen molar-refractivity contribution < 1.29 is 33.8 Å². The highest BCUT2D eigenvalue weighted by Gasteiger charge is 2.77. The van der Waals surface area contributed by atoms with E-state index < -0.39 is 65.6 Å². The fraction of sp³-hybridized carbons (Fsp3) is 0.474. The number of aliphatic hydroxyl groups excluding tert-OH is 1. The van der Waals surface area contributed by atoms with Gasteiger partial charge in [-0.25, -0.2) is 4.68 Å². The van der Waals surface area contributed by atoms with Gasteiger partial charge in [0, 0.05) is 17.8 Å². The molecule has 3 saturated heterocycles. The predicted octanol–water partition coefficient (Wildman–Crippen LogP) is 3.68. The van der Waals surface area contributed by atoms with E-state index in [2.05, 4.69) is 44.7 Å². The molecule has 9 atom stereocenters. The second kappa shape index (κ2) is 15.7. The summed E-state index contributed by atoms with van der Waals surface area (Å²) in [7, 11) is 0. The van der Waals surface area contributed by atoms with E-state index in [1.54, 1.807) is 23.8 Å². The number of alkyl halides is 1. The molecule has 1 unspecified atom stereocenters. The summed E-state index contributed by atoms with van der Waals surface area (Å²) < 4.78 is 14.6. The Morgan fingerprint density at radius 1 is 1.17 bits per heavy atom. The molecule has 52 heavy (non-hydrogen) atoms. The number of para-hydroxylation sites is 1. The molecular weight excluding hydrogens is 732 g/mol. The van der Waals surface area contributed by atoms with Crippen LogP contribution in [0.15, 0.2) is 79.9 Å². The third-order valence-electron chi connectivity index (χ3n) is 10.5. The molecule has 2 bridgehead atoms. The summed E-state index contributed by atoms with van der Waals surface area (Å²) in [5.74, 6) is -3.88. The first-order valence-corrected chi connectivity index (χ1v) is 18.6. The Bertz CT molecular complexity index is 1820. The Labute approximate surface area is 311 Å². The molecule has 3 aliphatic rings. The number of likely N-dealkylation sites (tertiary alicyclic amines) is 1. The van der Waals surface area contributed by atoms with Crippen LogP contribution in [0.4, 0.5) is 0 Å². The van der Waals surface area contributed by atoms with E-state index in [-0.39, 0.29) is 43.4 Å². The standard InChI is InChI=1S/C38H45BrN6O7/c1-5-8-18-29(47)40-23(4)32(24-14-10-9-11-15-24)51-37(50)30-31-35(48)45(25(7-3)21-46)34(38(31)20-26(39)33(30)52-38)36(49)43(19-6-2)22-44-28-17-13-12-16-27(28)41-42-44/h5-6,9-17,23,25-26,30-34,46H,1-2,7-8,18-22H2,3-4H3,(H,40,47)/t23-,25-,26?,30-,31+,32-,33-,34-,38+/m0/s1. The smallest absolute Gasteiger partial charge is 0.313 e. The van der Waals surface area contributed by atoms with E-state index in [0.717, 1.165) is 5.52 Å². The molecule has 3 amide bonds. The molecule has 0 saturated carbocycles. The number of aromatic nitrogens is 3. The van der Waals surface area contributed by atoms with Crippen LogP contribution in [0.3, 0.4) is 0 Å². The van der Waals surface area contributed by atoms with Crippen molar-refractivity contribution >= 4 is 50.7 Å². The van der Waals surface area contributed by atoms with Crippen molar-refractivity contribution in [3.05, 3.63) is 85.5 Å². The van der Waals surface area contributed by atoms with Crippen LogP contribution in [0.5, 0.6) is 0 Å². The van der Waals surface area contributed by atoms with Gasteiger partial charge in [-0.05, 0) is 43.9 Å². The topological polar surface area (TPSA) is 156 Å². The van der Waals surface area contributed by atoms with Crippen molar-refractivity contribution in [3.63, 3.8) is 0 Å². The Kier molecular flexibility index (Phi) is 11.3. The molecule has 6 rings (SSSR count). The van der Waals surface area contributed by atoms with Crippen LogP contribution in [0.2, 0.25) is 0 Å². The molecule has 1 aromatic heterocycles. The number of hydrogen-bond donors (Lipinski definition) is 2. The lowest BCUT2D eigenvalue weighted by atomic mass is 9.70. The number of halogens is 1. The average Bonchev–Trinajstić information content (AvgIpc) is 3.87. The van der Waals surface area contributed by atoms with Crippen molar-refractivity contribution in [3.8, 4) is 0 Å². The van der Waals surface area contributed by atoms with Crippen molar-refractivity contribution in [1.29, 1.82) is 0 Å². The van der Waals surface area contributed by atoms with Gasteiger partial charge in [0.2, 0.25) is 17.7 Å². The normalized spacial score (nSPS) is 26.4. The maximum Gasteiger partial charge on any atom is 0.313 e. The lowest BCUT2D eigenvalue weighted by Gasteiger charge is -2.39. The second-order valence-electron chi connectivity index (χ2n) is 13.7. The van der Waals surface area contributed by atoms with Gasteiger partial charge in [0.25, 0.3) is 0 Å². The van der Waals surface area contributed by atoms with E-state index in [4.69, 9.17) is 9.47 Å². The number of amides is 3. The Morgan fingerprint density at radius 3 is 2.60 bits per heavy atom. The molecular formula is C38H45BrN6O7. The lowest BCUT2D eigenvalue weighted by Crippen LogP contribution is -2.59. The molecule has 3 aromatic rings. The number of aliphatic hydroxyl groups is 1. The first kappa shape index (κ1) is 37.4. The second-order valence-corrected chi connectivity index (χ2v) is 14.8. The average molecular weight is 778 g/mol. The van der Waals surface area contributed by atoms with Crippen molar-refractivity contribution in [1.82, 2.24) is 30.1 Å². The monoisotopic (exact) mass is 776 g/mol. The SMILES string of the molecule is C=CCCC(=O)N[C@@H](C)[C@H](OC(=O)[C@@H]1[C@H]2O[C@@]3(CC2Br)[C@H](C(=O)N(CC=C)Cn2nnc4ccccc42)N([C@@H](CC)CO)C(=O)[C@@H]13)c1ccccc1. The number of rotatable bonds is 16. The first-order chi connectivity index (χ1) is 25.1. The summed E-state index contributed by atoms with van der Waals surface area (Å²) in [6.45, 7) is 10.9. The summed E-state index contributed by atoms with van der Waals surface area (Å²) in [6, 6.07) is 14.0. The zero-order valence-corrected chi connectivity index (χ0v) is 30.9. The van der Waals surface area contributed by atoms with Crippen LogP contribution in [0.1, 0.15) is 51.2 Å². The first-order valence-electron chi connectivity index (χ1n) is 17.7. The maximum atomic E-state index is 14.9. The van der Waals surface area contributed by atoms with Gasteiger partial charge >= 0.3 is 5.97 Å². The van der Waals surface area contributed by atoms with Crippen LogP contribution in [-0.4, -0.2) is 101 Å². The molecule has 14 heteroatoms. The van der Waals surface area contributed by atoms with E-state index >= 15 is 0 Å². The van der Waals surface area contributed by atoms with E-state index in [9.17, 15) is 24.3 Å². The fourth-order valence-electron chi connectivity index (χ4n) is 8.09. The van der Waals surface area contributed by atoms with Crippen LogP contribution in [0, 0.1) is 11.8 Å². The minimum absolute atomic E-state index is 0.0162. The summed E-state index contributed by atoms with van der Waals surface area (Å²) in [5, 5.41) is 22.0. The summed E-state index contributed by atoms with van der Waals surface area (Å²) in [6.07, 6.45) is 2.97. The van der Waals surface area contributed by atoms with E-state index in [1.807, 2.05) is 61.5 Å². The summed E-state index contributed by atoms with van der Waals surface area (Å²) in [5.41, 5.74) is 0.662. The molecule has 2 aromatic carbocycles. The number of hydrogen-bond acceptors (Lipinski definition) is 9. The number of carbonyl (C=O) groups excluding carboxylic acids is 4. The van der Waals surface area contributed by atoms with Crippen LogP contribution < -0.4 is 5.32 Å². The molecule has 4 heterocycles. The zero-order valence-electron chi connectivity index (χ0n) is 29.3. The van der Waals surface area contributed by atoms with Gasteiger partial charge in [-0.1, -0.05) is 82.7 Å². The summed E-state index contributed by atoms with van der Waals surface area (Å²) in [4.78, 5) is 59.4. The summed E-state index contributed by atoms with van der Waals surface area (Å²) >= 11 is 3.72. The van der Waals surface area contributed by atoms with Crippen molar-refractivity contribution in [2.75, 3.05) is 13.2 Å². The number of esters is 1. The van der Waals surface area contributed by atoms with Gasteiger partial charge in [-0.15, -0.1) is 18.3 Å². The quantitative estimate of drug-likeness (QED) is 0.126. The lowest BCUT2D eigenvalue weighted by molar-refractivity contribution is -0.162. The fourth-order valence-corrected chi connectivity index (χ4v) is 9.04.